The zero-order valence-corrected chi connectivity index (χ0v) is 13.8. The van der Waals surface area contributed by atoms with E-state index in [1.807, 2.05) is 48.3 Å². The summed E-state index contributed by atoms with van der Waals surface area (Å²) in [4.78, 5) is 12.2. The smallest absolute Gasteiger partial charge is 0.132 e. The number of halogens is 1. The Morgan fingerprint density at radius 1 is 1.33 bits per heavy atom. The summed E-state index contributed by atoms with van der Waals surface area (Å²) in [5.41, 5.74) is 0.895. The summed E-state index contributed by atoms with van der Waals surface area (Å²) < 4.78 is 13.9. The van der Waals surface area contributed by atoms with Crippen LogP contribution < -0.4 is 4.90 Å². The van der Waals surface area contributed by atoms with Crippen LogP contribution in [0, 0.1) is 0 Å². The minimum Gasteiger partial charge on any atom is -0.387 e. The minimum absolute atomic E-state index is 0.0443. The van der Waals surface area contributed by atoms with Crippen molar-refractivity contribution in [1.82, 2.24) is 14.9 Å². The molecule has 0 spiro atoms. The number of likely N-dealkylation sites (N-methyl/N-ethyl adjacent to an activating group) is 1. The van der Waals surface area contributed by atoms with Crippen LogP contribution in [0.1, 0.15) is 18.1 Å². The topological polar surface area (TPSA) is 52.5 Å². The van der Waals surface area contributed by atoms with Gasteiger partial charge in [-0.25, -0.2) is 14.4 Å². The normalized spacial score (nSPS) is 22.1. The second kappa shape index (κ2) is 7.68. The van der Waals surface area contributed by atoms with E-state index in [2.05, 4.69) is 14.9 Å². The molecule has 5 nitrogen and oxygen atoms in total. The van der Waals surface area contributed by atoms with Crippen molar-refractivity contribution < 1.29 is 9.50 Å². The fraction of sp³-hybridized carbons (Fsp3) is 0.444. The average Bonchev–Trinajstić information content (AvgIpc) is 2.96. The molecule has 0 amide bonds. The van der Waals surface area contributed by atoms with Crippen molar-refractivity contribution in [2.45, 2.75) is 24.7 Å². The van der Waals surface area contributed by atoms with Crippen molar-refractivity contribution in [2.75, 3.05) is 31.6 Å². The summed E-state index contributed by atoms with van der Waals surface area (Å²) in [6.07, 6.45) is 2.24. The Bertz CT molecular complexity index is 627. The maximum atomic E-state index is 13.9. The Hall–Kier alpha value is -2.05. The zero-order valence-electron chi connectivity index (χ0n) is 13.8. The van der Waals surface area contributed by atoms with E-state index >= 15 is 0 Å². The lowest BCUT2D eigenvalue weighted by Gasteiger charge is -2.30. The molecular formula is C18H23FN4O. The number of anilines is 1. The number of benzene rings is 1. The monoisotopic (exact) mass is 330 g/mol. The van der Waals surface area contributed by atoms with Crippen LogP contribution in [0.5, 0.6) is 0 Å². The Morgan fingerprint density at radius 3 is 2.83 bits per heavy atom. The first kappa shape index (κ1) is 16.8. The van der Waals surface area contributed by atoms with E-state index in [-0.39, 0.29) is 6.04 Å². The quantitative estimate of drug-likeness (QED) is 0.879. The molecule has 1 aliphatic rings. The number of aliphatic hydroxyl groups excluding tert-OH is 1. The molecule has 1 aromatic heterocycles. The molecule has 1 fully saturated rings. The number of hydrogen-bond donors (Lipinski definition) is 1. The fourth-order valence-electron chi connectivity index (χ4n) is 3.28. The molecule has 1 aliphatic heterocycles. The van der Waals surface area contributed by atoms with Gasteiger partial charge in [0.2, 0.25) is 0 Å². The first-order valence-corrected chi connectivity index (χ1v) is 8.21. The standard InChI is InChI=1S/C18H23FN4O/c1-22(12-17(24)14-5-3-2-4-6-14)11-16-9-15(19)10-23(16)18-7-8-20-13-21-18/h2-8,13,15-17,24H,9-12H2,1H3/t15-,16-,17+/m0/s1. The van der Waals surface area contributed by atoms with E-state index in [4.69, 9.17) is 0 Å². The molecule has 0 bridgehead atoms. The van der Waals surface area contributed by atoms with Gasteiger partial charge in [0.15, 0.2) is 0 Å². The molecule has 1 aromatic carbocycles. The number of rotatable bonds is 6. The zero-order chi connectivity index (χ0) is 16.9. The number of hydrogen-bond acceptors (Lipinski definition) is 5. The third-order valence-corrected chi connectivity index (χ3v) is 4.42. The van der Waals surface area contributed by atoms with Gasteiger partial charge in [0.05, 0.1) is 12.6 Å². The summed E-state index contributed by atoms with van der Waals surface area (Å²) in [5, 5.41) is 10.3. The maximum absolute atomic E-state index is 13.9. The molecule has 3 atom stereocenters. The van der Waals surface area contributed by atoms with Gasteiger partial charge in [-0.2, -0.15) is 0 Å². The van der Waals surface area contributed by atoms with Gasteiger partial charge in [-0.3, -0.25) is 0 Å². The average molecular weight is 330 g/mol. The number of alkyl halides is 1. The molecule has 24 heavy (non-hydrogen) atoms. The molecule has 1 N–H and O–H groups in total. The highest BCUT2D eigenvalue weighted by molar-refractivity contribution is 5.40. The van der Waals surface area contributed by atoms with Crippen molar-refractivity contribution in [3.8, 4) is 0 Å². The van der Waals surface area contributed by atoms with E-state index in [0.29, 0.717) is 26.1 Å². The van der Waals surface area contributed by atoms with Crippen molar-refractivity contribution >= 4 is 5.82 Å². The SMILES string of the molecule is CN(C[C@@H]1C[C@H](F)CN1c1ccncn1)C[C@@H](O)c1ccccc1. The molecular weight excluding hydrogens is 307 g/mol. The molecule has 2 heterocycles. The van der Waals surface area contributed by atoms with Crippen LogP contribution in [0.25, 0.3) is 0 Å². The third kappa shape index (κ3) is 4.07. The summed E-state index contributed by atoms with van der Waals surface area (Å²) in [5.74, 6) is 0.757. The van der Waals surface area contributed by atoms with Gasteiger partial charge in [0, 0.05) is 31.7 Å². The molecule has 1 saturated heterocycles. The van der Waals surface area contributed by atoms with Crippen LogP contribution >= 0.6 is 0 Å². The van der Waals surface area contributed by atoms with Crippen molar-refractivity contribution in [1.29, 1.82) is 0 Å². The highest BCUT2D eigenvalue weighted by atomic mass is 19.1. The van der Waals surface area contributed by atoms with E-state index < -0.39 is 12.3 Å². The Morgan fingerprint density at radius 2 is 2.12 bits per heavy atom. The Kier molecular flexibility index (Phi) is 5.37. The van der Waals surface area contributed by atoms with Gasteiger partial charge in [0.25, 0.3) is 0 Å². The molecule has 0 radical (unpaired) electrons. The predicted molar refractivity (Wildman–Crippen MR) is 91.6 cm³/mol. The third-order valence-electron chi connectivity index (χ3n) is 4.42. The van der Waals surface area contributed by atoms with Gasteiger partial charge in [-0.15, -0.1) is 0 Å². The van der Waals surface area contributed by atoms with Gasteiger partial charge >= 0.3 is 0 Å². The maximum Gasteiger partial charge on any atom is 0.132 e. The fourth-order valence-corrected chi connectivity index (χ4v) is 3.28. The molecule has 2 aromatic rings. The minimum atomic E-state index is -0.850. The van der Waals surface area contributed by atoms with E-state index in [1.165, 1.54) is 6.33 Å². The molecule has 0 unspecified atom stereocenters. The highest BCUT2D eigenvalue weighted by Crippen LogP contribution is 2.26. The van der Waals surface area contributed by atoms with Gasteiger partial charge < -0.3 is 14.9 Å². The molecule has 0 saturated carbocycles. The highest BCUT2D eigenvalue weighted by Gasteiger charge is 2.33. The first-order valence-electron chi connectivity index (χ1n) is 8.21. The van der Waals surface area contributed by atoms with Crippen molar-refractivity contribution in [3.05, 3.63) is 54.5 Å². The van der Waals surface area contributed by atoms with Crippen LogP contribution in [-0.2, 0) is 0 Å². The van der Waals surface area contributed by atoms with Crippen LogP contribution in [0.3, 0.4) is 0 Å². The molecule has 3 rings (SSSR count). The van der Waals surface area contributed by atoms with Crippen LogP contribution in [-0.4, -0.2) is 58.9 Å². The van der Waals surface area contributed by atoms with Crippen LogP contribution in [0.2, 0.25) is 0 Å². The van der Waals surface area contributed by atoms with Crippen molar-refractivity contribution in [3.63, 3.8) is 0 Å². The molecule has 6 heteroatoms. The molecule has 0 aliphatic carbocycles. The Balaban J connectivity index is 1.61. The van der Waals surface area contributed by atoms with E-state index in [0.717, 1.165) is 11.4 Å². The molecule has 128 valence electrons. The first-order chi connectivity index (χ1) is 11.6. The lowest BCUT2D eigenvalue weighted by molar-refractivity contribution is 0.123. The summed E-state index contributed by atoms with van der Waals surface area (Å²) in [6.45, 7) is 1.54. The lowest BCUT2D eigenvalue weighted by atomic mass is 10.1. The van der Waals surface area contributed by atoms with Crippen LogP contribution in [0.4, 0.5) is 10.2 Å². The van der Waals surface area contributed by atoms with Gasteiger partial charge in [-0.05, 0) is 18.7 Å². The van der Waals surface area contributed by atoms with E-state index in [9.17, 15) is 9.50 Å². The van der Waals surface area contributed by atoms with Crippen molar-refractivity contribution in [2.24, 2.45) is 0 Å². The van der Waals surface area contributed by atoms with Crippen LogP contribution in [0.15, 0.2) is 48.9 Å². The van der Waals surface area contributed by atoms with Gasteiger partial charge in [-0.1, -0.05) is 30.3 Å². The second-order valence-electron chi connectivity index (χ2n) is 6.35. The van der Waals surface area contributed by atoms with Gasteiger partial charge in [0.1, 0.15) is 18.3 Å². The van der Waals surface area contributed by atoms with E-state index in [1.54, 1.807) is 6.20 Å². The summed E-state index contributed by atoms with van der Waals surface area (Å²) in [7, 11) is 1.95. The summed E-state index contributed by atoms with van der Waals surface area (Å²) >= 11 is 0. The summed E-state index contributed by atoms with van der Waals surface area (Å²) in [6, 6.07) is 11.4. The second-order valence-corrected chi connectivity index (χ2v) is 6.35. The number of aromatic nitrogens is 2. The Labute approximate surface area is 141 Å². The number of nitrogens with zero attached hydrogens (tertiary/aromatic N) is 4. The predicted octanol–water partition coefficient (Wildman–Crippen LogP) is 2.06. The largest absolute Gasteiger partial charge is 0.387 e. The number of aliphatic hydroxyl groups is 1. The lowest BCUT2D eigenvalue weighted by Crippen LogP contribution is -2.40.